The molecule has 0 radical (unpaired) electrons. The molecule has 0 unspecified atom stereocenters. The number of hydrogen-bond acceptors (Lipinski definition) is 6. The van der Waals surface area contributed by atoms with Crippen LogP contribution in [0.5, 0.6) is 0 Å². The Morgan fingerprint density at radius 1 is 0.850 bits per heavy atom. The van der Waals surface area contributed by atoms with Gasteiger partial charge in [0.05, 0.1) is 12.3 Å². The summed E-state index contributed by atoms with van der Waals surface area (Å²) >= 11 is 1.67. The van der Waals surface area contributed by atoms with E-state index in [2.05, 4.69) is 43.0 Å². The van der Waals surface area contributed by atoms with Crippen LogP contribution in [0.3, 0.4) is 0 Å². The summed E-state index contributed by atoms with van der Waals surface area (Å²) in [4.78, 5) is 31.0. The number of carbonyl (C=O) groups is 2. The molecule has 40 heavy (non-hydrogen) atoms. The van der Waals surface area contributed by atoms with Gasteiger partial charge in [-0.15, -0.1) is 11.8 Å². The van der Waals surface area contributed by atoms with Crippen molar-refractivity contribution in [2.24, 2.45) is 0 Å². The Bertz CT molecular complexity index is 1530. The van der Waals surface area contributed by atoms with Gasteiger partial charge in [-0.1, -0.05) is 90.5 Å². The molecule has 0 spiro atoms. The maximum atomic E-state index is 14.3. The standard InChI is InChI=1S/C34H33NO4S/c1-6-35-23(4)24(5)40-34(26-14-10-8-11-15-26,27-16-12-9-13-17-27)32-29(35)28(31(39-32)33(37)38-7-2)30(36)25-20-18-22(3)19-21-25/h8-21H,6-7H2,1-5H3. The molecule has 0 N–H and O–H groups in total. The first-order valence-electron chi connectivity index (χ1n) is 13.5. The van der Waals surface area contributed by atoms with Crippen LogP contribution in [0, 0.1) is 6.92 Å². The summed E-state index contributed by atoms with van der Waals surface area (Å²) in [5.41, 5.74) is 5.32. The number of anilines is 1. The van der Waals surface area contributed by atoms with Crippen LogP contribution in [0.1, 0.15) is 76.6 Å². The normalized spacial score (nSPS) is 14.5. The Balaban J connectivity index is 1.94. The van der Waals surface area contributed by atoms with E-state index in [0.29, 0.717) is 23.6 Å². The molecule has 204 valence electrons. The van der Waals surface area contributed by atoms with Crippen LogP contribution < -0.4 is 4.90 Å². The molecule has 1 aromatic heterocycles. The van der Waals surface area contributed by atoms with Gasteiger partial charge in [-0.25, -0.2) is 4.79 Å². The first kappa shape index (κ1) is 27.5. The van der Waals surface area contributed by atoms with Crippen LogP contribution in [-0.2, 0) is 9.48 Å². The van der Waals surface area contributed by atoms with Crippen molar-refractivity contribution < 1.29 is 18.7 Å². The molecular formula is C34H33NO4S. The molecule has 2 heterocycles. The molecule has 3 aromatic carbocycles. The lowest BCUT2D eigenvalue weighted by molar-refractivity contribution is 0.0484. The second kappa shape index (κ2) is 11.2. The number of aryl methyl sites for hydroxylation is 1. The van der Waals surface area contributed by atoms with Gasteiger partial charge in [0, 0.05) is 22.7 Å². The second-order valence-corrected chi connectivity index (χ2v) is 11.2. The van der Waals surface area contributed by atoms with Gasteiger partial charge in [-0.05, 0) is 45.7 Å². The maximum absolute atomic E-state index is 14.3. The van der Waals surface area contributed by atoms with Gasteiger partial charge in [0.1, 0.15) is 10.3 Å². The quantitative estimate of drug-likeness (QED) is 0.171. The van der Waals surface area contributed by atoms with E-state index in [1.54, 1.807) is 30.8 Å². The predicted octanol–water partition coefficient (Wildman–Crippen LogP) is 8.11. The topological polar surface area (TPSA) is 59.8 Å². The van der Waals surface area contributed by atoms with Crippen molar-refractivity contribution in [1.29, 1.82) is 0 Å². The van der Waals surface area contributed by atoms with Crippen LogP contribution >= 0.6 is 11.8 Å². The minimum Gasteiger partial charge on any atom is -0.460 e. The number of rotatable bonds is 7. The molecule has 6 heteroatoms. The third kappa shape index (κ3) is 4.56. The number of thioether (sulfide) groups is 1. The number of hydrogen-bond donors (Lipinski definition) is 0. The number of furan rings is 1. The minimum absolute atomic E-state index is 0.0694. The molecule has 0 fully saturated rings. The maximum Gasteiger partial charge on any atom is 0.375 e. The Hall–Kier alpha value is -4.03. The van der Waals surface area contributed by atoms with Crippen LogP contribution in [0.2, 0.25) is 0 Å². The lowest BCUT2D eigenvalue weighted by atomic mass is 9.86. The van der Waals surface area contributed by atoms with E-state index in [0.717, 1.165) is 27.3 Å². The van der Waals surface area contributed by atoms with Gasteiger partial charge >= 0.3 is 5.97 Å². The van der Waals surface area contributed by atoms with Gasteiger partial charge in [-0.2, -0.15) is 0 Å². The van der Waals surface area contributed by atoms with Crippen molar-refractivity contribution in [3.63, 3.8) is 0 Å². The highest BCUT2D eigenvalue weighted by Crippen LogP contribution is 2.58. The first-order chi connectivity index (χ1) is 19.3. The van der Waals surface area contributed by atoms with Crippen molar-refractivity contribution in [3.05, 3.63) is 135 Å². The van der Waals surface area contributed by atoms with Gasteiger partial charge in [0.15, 0.2) is 11.5 Å². The fourth-order valence-corrected chi connectivity index (χ4v) is 6.77. The van der Waals surface area contributed by atoms with E-state index in [4.69, 9.17) is 9.15 Å². The van der Waals surface area contributed by atoms with Crippen molar-refractivity contribution in [1.82, 2.24) is 0 Å². The van der Waals surface area contributed by atoms with E-state index >= 15 is 0 Å². The van der Waals surface area contributed by atoms with Crippen LogP contribution in [0.25, 0.3) is 0 Å². The summed E-state index contributed by atoms with van der Waals surface area (Å²) in [5, 5.41) is 0. The molecule has 0 bridgehead atoms. The number of carbonyl (C=O) groups excluding carboxylic acids is 2. The van der Waals surface area contributed by atoms with Crippen molar-refractivity contribution in [3.8, 4) is 0 Å². The Labute approximate surface area is 239 Å². The largest absolute Gasteiger partial charge is 0.460 e. The summed E-state index contributed by atoms with van der Waals surface area (Å²) in [6, 6.07) is 27.6. The monoisotopic (exact) mass is 551 g/mol. The molecule has 0 aliphatic carbocycles. The third-order valence-corrected chi connectivity index (χ3v) is 8.94. The van der Waals surface area contributed by atoms with Crippen LogP contribution in [0.15, 0.2) is 99.9 Å². The zero-order valence-corrected chi connectivity index (χ0v) is 24.3. The smallest absolute Gasteiger partial charge is 0.375 e. The van der Waals surface area contributed by atoms with Gasteiger partial charge < -0.3 is 14.1 Å². The molecule has 0 saturated heterocycles. The molecule has 1 aliphatic heterocycles. The van der Waals surface area contributed by atoms with E-state index in [9.17, 15) is 9.59 Å². The molecule has 5 rings (SSSR count). The molecule has 0 amide bonds. The predicted molar refractivity (Wildman–Crippen MR) is 161 cm³/mol. The minimum atomic E-state index is -0.875. The zero-order valence-electron chi connectivity index (χ0n) is 23.5. The number of ether oxygens (including phenoxy) is 1. The average Bonchev–Trinajstić information content (AvgIpc) is 3.34. The van der Waals surface area contributed by atoms with Crippen molar-refractivity contribution >= 4 is 29.2 Å². The zero-order chi connectivity index (χ0) is 28.4. The lowest BCUT2D eigenvalue weighted by Crippen LogP contribution is -2.27. The van der Waals surface area contributed by atoms with Crippen molar-refractivity contribution in [2.45, 2.75) is 39.4 Å². The Morgan fingerprint density at radius 3 is 1.95 bits per heavy atom. The summed E-state index contributed by atoms with van der Waals surface area (Å²) in [7, 11) is 0. The summed E-state index contributed by atoms with van der Waals surface area (Å²) < 4.78 is 11.2. The number of fused-ring (bicyclic) bond motifs is 1. The molecule has 5 nitrogen and oxygen atoms in total. The first-order valence-corrected chi connectivity index (χ1v) is 14.4. The molecule has 1 aliphatic rings. The average molecular weight is 552 g/mol. The van der Waals surface area contributed by atoms with Gasteiger partial charge in [-0.3, -0.25) is 4.79 Å². The molecule has 0 atom stereocenters. The third-order valence-electron chi connectivity index (χ3n) is 7.37. The molecule has 0 saturated carbocycles. The van der Waals surface area contributed by atoms with Gasteiger partial charge in [0.25, 0.3) is 0 Å². The van der Waals surface area contributed by atoms with Crippen LogP contribution in [-0.4, -0.2) is 24.9 Å². The highest BCUT2D eigenvalue weighted by Gasteiger charge is 2.49. The SMILES string of the molecule is CCOC(=O)c1oc2c(c1C(=O)c1ccc(C)cc1)N(CC)C(C)=C(C)SC2(c1ccccc1)c1ccccc1. The van der Waals surface area contributed by atoms with Crippen LogP contribution in [0.4, 0.5) is 5.69 Å². The summed E-state index contributed by atoms with van der Waals surface area (Å²) in [6.45, 7) is 10.7. The molecular weight excluding hydrogens is 518 g/mol. The van der Waals surface area contributed by atoms with E-state index in [1.807, 2.05) is 62.4 Å². The highest BCUT2D eigenvalue weighted by atomic mass is 32.2. The Morgan fingerprint density at radius 2 is 1.43 bits per heavy atom. The summed E-state index contributed by atoms with van der Waals surface area (Å²) in [5.74, 6) is -0.467. The number of benzene rings is 3. The lowest BCUT2D eigenvalue weighted by Gasteiger charge is -2.33. The van der Waals surface area contributed by atoms with Gasteiger partial charge in [0.2, 0.25) is 5.76 Å². The van der Waals surface area contributed by atoms with E-state index in [1.165, 1.54) is 0 Å². The molecule has 4 aromatic rings. The fraction of sp³-hybridized carbons (Fsp3) is 0.235. The number of ketones is 1. The van der Waals surface area contributed by atoms with E-state index < -0.39 is 10.7 Å². The second-order valence-electron chi connectivity index (χ2n) is 9.80. The number of nitrogens with zero attached hydrogens (tertiary/aromatic N) is 1. The Kier molecular flexibility index (Phi) is 7.72. The van der Waals surface area contributed by atoms with Crippen molar-refractivity contribution in [2.75, 3.05) is 18.1 Å². The fourth-order valence-electron chi connectivity index (χ4n) is 5.31. The highest BCUT2D eigenvalue weighted by molar-refractivity contribution is 8.04. The number of allylic oxidation sites excluding steroid dienone is 2. The summed E-state index contributed by atoms with van der Waals surface area (Å²) in [6.07, 6.45) is 0. The van der Waals surface area contributed by atoms with E-state index in [-0.39, 0.29) is 23.7 Å². The number of esters is 1.